The zero-order valence-electron chi connectivity index (χ0n) is 13.3. The first-order valence-electron chi connectivity index (χ1n) is 7.44. The number of hydrogen-bond donors (Lipinski definition) is 2. The van der Waals surface area contributed by atoms with Crippen molar-refractivity contribution in [2.75, 3.05) is 10.6 Å². The van der Waals surface area contributed by atoms with Gasteiger partial charge in [0.05, 0.1) is 0 Å². The summed E-state index contributed by atoms with van der Waals surface area (Å²) in [5.41, 5.74) is 2.56. The van der Waals surface area contributed by atoms with E-state index in [2.05, 4.69) is 20.8 Å². The molecular weight excluding hydrogens is 359 g/mol. The maximum atomic E-state index is 12.9. The average molecular weight is 374 g/mol. The molecule has 1 heterocycles. The molecule has 0 saturated heterocycles. The van der Waals surface area contributed by atoms with Gasteiger partial charge in [0.15, 0.2) is 4.34 Å². The second-order valence-corrected chi connectivity index (χ2v) is 7.38. The highest BCUT2D eigenvalue weighted by Gasteiger charge is 2.06. The lowest BCUT2D eigenvalue weighted by Crippen LogP contribution is -2.05. The van der Waals surface area contributed by atoms with Crippen molar-refractivity contribution in [3.05, 3.63) is 59.9 Å². The summed E-state index contributed by atoms with van der Waals surface area (Å²) in [5, 5.41) is 14.8. The number of rotatable bonds is 6. The summed E-state index contributed by atoms with van der Waals surface area (Å²) in [5.74, 6) is 0.345. The van der Waals surface area contributed by atoms with Crippen LogP contribution in [-0.2, 0) is 10.5 Å². The monoisotopic (exact) mass is 374 g/mol. The molecule has 0 aliphatic heterocycles. The third-order valence-corrected chi connectivity index (χ3v) is 5.16. The van der Waals surface area contributed by atoms with Gasteiger partial charge in [0.25, 0.3) is 0 Å². The number of amides is 1. The van der Waals surface area contributed by atoms with Gasteiger partial charge in [0.2, 0.25) is 11.0 Å². The number of carbonyl (C=O) groups excluding carboxylic acids is 1. The van der Waals surface area contributed by atoms with E-state index in [4.69, 9.17) is 0 Å². The van der Waals surface area contributed by atoms with Crippen LogP contribution >= 0.6 is 23.1 Å². The van der Waals surface area contributed by atoms with Crippen LogP contribution in [0.2, 0.25) is 0 Å². The molecule has 5 nitrogen and oxygen atoms in total. The van der Waals surface area contributed by atoms with Crippen LogP contribution in [-0.4, -0.2) is 16.1 Å². The van der Waals surface area contributed by atoms with E-state index in [0.29, 0.717) is 16.6 Å². The van der Waals surface area contributed by atoms with Crippen molar-refractivity contribution in [3.8, 4) is 0 Å². The summed E-state index contributed by atoms with van der Waals surface area (Å²) in [6.45, 7) is 1.47. The molecule has 0 radical (unpaired) electrons. The van der Waals surface area contributed by atoms with E-state index in [1.165, 1.54) is 30.4 Å². The normalized spacial score (nSPS) is 10.5. The van der Waals surface area contributed by atoms with E-state index >= 15 is 0 Å². The van der Waals surface area contributed by atoms with Gasteiger partial charge in [-0.3, -0.25) is 4.79 Å². The van der Waals surface area contributed by atoms with Gasteiger partial charge >= 0.3 is 0 Å². The minimum absolute atomic E-state index is 0.118. The molecule has 1 amide bonds. The van der Waals surface area contributed by atoms with Crippen LogP contribution in [0.3, 0.4) is 0 Å². The van der Waals surface area contributed by atoms with Crippen molar-refractivity contribution >= 4 is 45.5 Å². The lowest BCUT2D eigenvalue weighted by molar-refractivity contribution is -0.114. The van der Waals surface area contributed by atoms with Crippen molar-refractivity contribution in [2.45, 2.75) is 17.0 Å². The summed E-state index contributed by atoms with van der Waals surface area (Å²) in [6.07, 6.45) is 0. The first-order valence-corrected chi connectivity index (χ1v) is 9.24. The van der Waals surface area contributed by atoms with Gasteiger partial charge in [0.1, 0.15) is 5.82 Å². The van der Waals surface area contributed by atoms with Crippen molar-refractivity contribution in [2.24, 2.45) is 0 Å². The van der Waals surface area contributed by atoms with Crippen LogP contribution in [0.25, 0.3) is 0 Å². The SMILES string of the molecule is CC(=O)Nc1cccc(Nc2nnc(SCc3ccc(F)cc3)s2)c1. The van der Waals surface area contributed by atoms with E-state index in [1.54, 1.807) is 23.9 Å². The zero-order valence-corrected chi connectivity index (χ0v) is 15.0. The second-order valence-electron chi connectivity index (χ2n) is 5.18. The molecule has 1 aromatic heterocycles. The largest absolute Gasteiger partial charge is 0.330 e. The van der Waals surface area contributed by atoms with E-state index in [9.17, 15) is 9.18 Å². The first-order chi connectivity index (χ1) is 12.1. The van der Waals surface area contributed by atoms with Crippen molar-refractivity contribution < 1.29 is 9.18 Å². The summed E-state index contributed by atoms with van der Waals surface area (Å²) in [4.78, 5) is 11.1. The molecule has 0 spiro atoms. The molecule has 2 aromatic carbocycles. The maximum absolute atomic E-state index is 12.9. The lowest BCUT2D eigenvalue weighted by Gasteiger charge is -2.05. The Bertz CT molecular complexity index is 867. The van der Waals surface area contributed by atoms with Gasteiger partial charge < -0.3 is 10.6 Å². The number of halogens is 1. The molecule has 0 aliphatic carbocycles. The van der Waals surface area contributed by atoms with Crippen molar-refractivity contribution in [3.63, 3.8) is 0 Å². The van der Waals surface area contributed by atoms with Gasteiger partial charge in [-0.05, 0) is 35.9 Å². The minimum atomic E-state index is -0.238. The van der Waals surface area contributed by atoms with Gasteiger partial charge in [-0.15, -0.1) is 10.2 Å². The molecule has 0 atom stereocenters. The molecule has 0 bridgehead atoms. The van der Waals surface area contributed by atoms with E-state index in [-0.39, 0.29) is 11.7 Å². The molecule has 0 fully saturated rings. The highest BCUT2D eigenvalue weighted by atomic mass is 32.2. The fourth-order valence-corrected chi connectivity index (χ4v) is 3.77. The summed E-state index contributed by atoms with van der Waals surface area (Å²) < 4.78 is 13.7. The summed E-state index contributed by atoms with van der Waals surface area (Å²) >= 11 is 2.99. The lowest BCUT2D eigenvalue weighted by atomic mass is 10.2. The summed E-state index contributed by atoms with van der Waals surface area (Å²) in [7, 11) is 0. The molecule has 0 saturated carbocycles. The number of nitrogens with zero attached hydrogens (tertiary/aromatic N) is 2. The van der Waals surface area contributed by atoms with Gasteiger partial charge in [-0.25, -0.2) is 4.39 Å². The van der Waals surface area contributed by atoms with E-state index in [0.717, 1.165) is 15.6 Å². The predicted molar refractivity (Wildman–Crippen MR) is 99.9 cm³/mol. The fraction of sp³-hybridized carbons (Fsp3) is 0.118. The highest BCUT2D eigenvalue weighted by Crippen LogP contribution is 2.30. The number of hydrogen-bond acceptors (Lipinski definition) is 6. The second kappa shape index (κ2) is 8.09. The fourth-order valence-electron chi connectivity index (χ4n) is 2.05. The molecule has 3 aromatic rings. The number of carbonyl (C=O) groups is 1. The van der Waals surface area contributed by atoms with Crippen molar-refractivity contribution in [1.29, 1.82) is 0 Å². The number of anilines is 3. The van der Waals surface area contributed by atoms with Gasteiger partial charge in [0, 0.05) is 24.1 Å². The molecule has 0 unspecified atom stereocenters. The van der Waals surface area contributed by atoms with Crippen LogP contribution in [0.1, 0.15) is 12.5 Å². The Balaban J connectivity index is 1.59. The Hall–Kier alpha value is -2.45. The van der Waals surface area contributed by atoms with Crippen LogP contribution in [0.15, 0.2) is 52.9 Å². The number of nitrogens with one attached hydrogen (secondary N) is 2. The van der Waals surface area contributed by atoms with Gasteiger partial charge in [-0.2, -0.15) is 0 Å². The van der Waals surface area contributed by atoms with Crippen molar-refractivity contribution in [1.82, 2.24) is 10.2 Å². The molecule has 0 aliphatic rings. The molecular formula is C17H15FN4OS2. The average Bonchev–Trinajstić information content (AvgIpc) is 3.01. The van der Waals surface area contributed by atoms with Crippen LogP contribution in [0, 0.1) is 5.82 Å². The third-order valence-electron chi connectivity index (χ3n) is 3.12. The number of benzene rings is 2. The highest BCUT2D eigenvalue weighted by molar-refractivity contribution is 8.00. The molecule has 2 N–H and O–H groups in total. The Kier molecular flexibility index (Phi) is 5.62. The quantitative estimate of drug-likeness (QED) is 0.614. The number of thioether (sulfide) groups is 1. The Morgan fingerprint density at radius 2 is 1.92 bits per heavy atom. The summed E-state index contributed by atoms with van der Waals surface area (Å²) in [6, 6.07) is 13.8. The topological polar surface area (TPSA) is 66.9 Å². The standard InChI is InChI=1S/C17H15FN4OS2/c1-11(23)19-14-3-2-4-15(9-14)20-16-21-22-17(25-16)24-10-12-5-7-13(18)8-6-12/h2-9H,10H2,1H3,(H,19,23)(H,20,21). The van der Waals surface area contributed by atoms with E-state index < -0.39 is 0 Å². The first kappa shape index (κ1) is 17.4. The molecule has 8 heteroatoms. The number of aromatic nitrogens is 2. The predicted octanol–water partition coefficient (Wildman–Crippen LogP) is 4.67. The minimum Gasteiger partial charge on any atom is -0.330 e. The van der Waals surface area contributed by atoms with E-state index in [1.807, 2.05) is 24.3 Å². The van der Waals surface area contributed by atoms with Crippen LogP contribution < -0.4 is 10.6 Å². The Morgan fingerprint density at radius 3 is 2.68 bits per heavy atom. The van der Waals surface area contributed by atoms with Gasteiger partial charge in [-0.1, -0.05) is 41.3 Å². The Labute approximate surface area is 152 Å². The maximum Gasteiger partial charge on any atom is 0.221 e. The molecule has 3 rings (SSSR count). The Morgan fingerprint density at radius 1 is 1.16 bits per heavy atom. The molecule has 128 valence electrons. The van der Waals surface area contributed by atoms with Crippen LogP contribution in [0.5, 0.6) is 0 Å². The van der Waals surface area contributed by atoms with Crippen LogP contribution in [0.4, 0.5) is 20.9 Å². The molecule has 25 heavy (non-hydrogen) atoms. The third kappa shape index (κ3) is 5.27. The zero-order chi connectivity index (χ0) is 17.6. The smallest absolute Gasteiger partial charge is 0.221 e.